The molecule has 13 rings (SSSR count). The first-order valence-electron chi connectivity index (χ1n) is 24.8. The van der Waals surface area contributed by atoms with Gasteiger partial charge in [-0.1, -0.05) is 194 Å². The van der Waals surface area contributed by atoms with Crippen molar-refractivity contribution in [2.24, 2.45) is 0 Å². The number of fused-ring (bicyclic) bond motifs is 9. The van der Waals surface area contributed by atoms with E-state index in [1.54, 1.807) is 12.1 Å². The van der Waals surface area contributed by atoms with Crippen LogP contribution in [0.5, 0.6) is 0 Å². The number of benzene rings is 11. The summed E-state index contributed by atoms with van der Waals surface area (Å²) in [6.45, 7) is 3.11. The third-order valence-corrected chi connectivity index (χ3v) is 15.5. The third-order valence-electron chi connectivity index (χ3n) is 14.4. The molecule has 13 aromatic rings. The topological polar surface area (TPSA) is 16.3 Å². The van der Waals surface area contributed by atoms with Gasteiger partial charge >= 0.3 is 0 Å². The van der Waals surface area contributed by atoms with E-state index in [-0.39, 0.29) is 0 Å². The van der Waals surface area contributed by atoms with Gasteiger partial charge in [0, 0.05) is 51.7 Å². The molecule has 0 aliphatic carbocycles. The average Bonchev–Trinajstić information content (AvgIpc) is 3.96. The van der Waals surface area contributed by atoms with Crippen molar-refractivity contribution in [1.29, 1.82) is 0 Å². The van der Waals surface area contributed by atoms with E-state index in [0.717, 1.165) is 40.4 Å². The van der Waals surface area contributed by atoms with Crippen LogP contribution >= 0.6 is 12.1 Å². The Bertz CT molecular complexity index is 4120. The molecular weight excluding hydrogens is 893 g/mol. The van der Waals surface area contributed by atoms with E-state index in [9.17, 15) is 0 Å². The second-order valence-electron chi connectivity index (χ2n) is 18.5. The summed E-state index contributed by atoms with van der Waals surface area (Å²) >= 11 is 1.75. The zero-order chi connectivity index (χ0) is 48.1. The predicted molar refractivity (Wildman–Crippen MR) is 310 cm³/mol. The van der Waals surface area contributed by atoms with Gasteiger partial charge in [-0.2, -0.15) is 0 Å². The summed E-state index contributed by atoms with van der Waals surface area (Å²) in [5, 5.41) is 7.41. The van der Waals surface area contributed by atoms with Crippen molar-refractivity contribution in [2.75, 3.05) is 16.3 Å². The lowest BCUT2D eigenvalue weighted by Crippen LogP contribution is -2.17. The number of aryl methyl sites for hydroxylation is 1. The number of rotatable bonds is 11. The van der Waals surface area contributed by atoms with Crippen molar-refractivity contribution in [3.05, 3.63) is 255 Å². The molecule has 0 spiro atoms. The Kier molecular flexibility index (Phi) is 10.9. The second kappa shape index (κ2) is 18.2. The van der Waals surface area contributed by atoms with Gasteiger partial charge in [0.15, 0.2) is 0 Å². The Balaban J connectivity index is 1.08. The zero-order valence-corrected chi connectivity index (χ0v) is 41.0. The van der Waals surface area contributed by atoms with Crippen LogP contribution in [-0.4, -0.2) is 15.6 Å². The van der Waals surface area contributed by atoms with Gasteiger partial charge in [-0.25, -0.2) is 0 Å². The number of anilines is 4. The Morgan fingerprint density at radius 3 is 1.36 bits per heavy atom. The number of para-hydroxylation sites is 2. The molecule has 0 aliphatic rings. The quantitative estimate of drug-likeness (QED) is 0.120. The van der Waals surface area contributed by atoms with Crippen molar-refractivity contribution in [3.63, 3.8) is 0 Å². The second-order valence-corrected chi connectivity index (χ2v) is 19.4. The van der Waals surface area contributed by atoms with E-state index in [4.69, 9.17) is 0 Å². The van der Waals surface area contributed by atoms with E-state index in [0.29, 0.717) is 0 Å². The molecule has 0 amide bonds. The van der Waals surface area contributed by atoms with E-state index >= 15 is 0 Å². The molecule has 2 aromatic heterocycles. The largest absolute Gasteiger partial charge is 0.343 e. The first kappa shape index (κ1) is 43.3. The summed E-state index contributed by atoms with van der Waals surface area (Å²) in [7, 11) is 2.19. The minimum atomic E-state index is 0.829. The van der Waals surface area contributed by atoms with E-state index < -0.39 is 0 Å². The van der Waals surface area contributed by atoms with Crippen molar-refractivity contribution in [2.45, 2.75) is 13.5 Å². The maximum atomic E-state index is 2.54. The van der Waals surface area contributed by atoms with Crippen LogP contribution in [0, 0.1) is 0 Å². The molecule has 0 unspecified atom stereocenters. The normalized spacial score (nSPS) is 11.6. The van der Waals surface area contributed by atoms with Crippen LogP contribution in [0.3, 0.4) is 0 Å². The highest BCUT2D eigenvalue weighted by Crippen LogP contribution is 2.48. The van der Waals surface area contributed by atoms with Crippen LogP contribution in [0.2, 0.25) is 0 Å². The fraction of sp³-hybridized carbons (Fsp3) is 0.0448. The number of aromatic nitrogens is 2. The Labute approximate surface area is 424 Å². The Hall–Kier alpha value is -8.77. The van der Waals surface area contributed by atoms with Crippen LogP contribution in [-0.2, 0) is 6.54 Å². The van der Waals surface area contributed by atoms with Crippen LogP contribution in [0.1, 0.15) is 6.92 Å². The average molecular weight is 943 g/mol. The highest BCUT2D eigenvalue weighted by molar-refractivity contribution is 7.99. The molecule has 5 heteroatoms. The molecule has 72 heavy (non-hydrogen) atoms. The monoisotopic (exact) mass is 942 g/mol. The van der Waals surface area contributed by atoms with Gasteiger partial charge in [0.2, 0.25) is 0 Å². The van der Waals surface area contributed by atoms with E-state index in [2.05, 4.69) is 287 Å². The molecule has 344 valence electrons. The maximum Gasteiger partial charge on any atom is 0.0817 e. The summed E-state index contributed by atoms with van der Waals surface area (Å²) in [5.74, 6) is 0. The molecule has 0 radical (unpaired) electrons. The molecule has 11 aromatic carbocycles. The smallest absolute Gasteiger partial charge is 0.0817 e. The first-order chi connectivity index (χ1) is 35.6. The number of hydrogen-bond donors (Lipinski definition) is 0. The molecule has 0 bridgehead atoms. The molecular formula is C67H50N4S. The maximum absolute atomic E-state index is 2.54. The molecule has 0 atom stereocenters. The summed E-state index contributed by atoms with van der Waals surface area (Å²) in [5.41, 5.74) is 18.7. The molecule has 0 N–H and O–H groups in total. The summed E-state index contributed by atoms with van der Waals surface area (Å²) < 4.78 is 7.51. The fourth-order valence-electron chi connectivity index (χ4n) is 10.8. The molecule has 0 saturated carbocycles. The molecule has 0 saturated heterocycles. The van der Waals surface area contributed by atoms with Crippen molar-refractivity contribution >= 4 is 89.3 Å². The summed E-state index contributed by atoms with van der Waals surface area (Å²) in [6, 6.07) is 93.0. The van der Waals surface area contributed by atoms with Crippen molar-refractivity contribution in [1.82, 2.24) is 8.54 Å². The van der Waals surface area contributed by atoms with Crippen LogP contribution in [0.25, 0.3) is 98.9 Å². The van der Waals surface area contributed by atoms with E-state index in [1.165, 1.54) is 87.8 Å². The predicted octanol–water partition coefficient (Wildman–Crippen LogP) is 18.8. The van der Waals surface area contributed by atoms with Gasteiger partial charge < -0.3 is 9.47 Å². The molecule has 2 heterocycles. The Morgan fingerprint density at radius 1 is 0.361 bits per heavy atom. The third kappa shape index (κ3) is 7.49. The zero-order valence-electron chi connectivity index (χ0n) is 40.2. The highest BCUT2D eigenvalue weighted by atomic mass is 32.2. The summed E-state index contributed by atoms with van der Waals surface area (Å²) in [4.78, 5) is 2.33. The van der Waals surface area contributed by atoms with Crippen LogP contribution < -0.4 is 9.21 Å². The fourth-order valence-corrected chi connectivity index (χ4v) is 12.0. The van der Waals surface area contributed by atoms with Gasteiger partial charge in [-0.3, -0.25) is 8.28 Å². The SMILES string of the molecule is CCn1c2ccc(-c3ccccc3)cc2c2ccc3ccc4c5cc(-c6ccccc6)ccc5n(SN(c5cccc(-c6ccccc6)c5)c5ccccc5N(C)c5cccc(-c6ccccc6)c5)c4c3c21. The lowest BCUT2D eigenvalue weighted by molar-refractivity contribution is 0.829. The number of hydrogen-bond acceptors (Lipinski definition) is 3. The highest BCUT2D eigenvalue weighted by Gasteiger charge is 2.25. The molecule has 0 fully saturated rings. The van der Waals surface area contributed by atoms with Crippen LogP contribution in [0.4, 0.5) is 22.7 Å². The lowest BCUT2D eigenvalue weighted by atomic mass is 9.99. The van der Waals surface area contributed by atoms with Gasteiger partial charge in [0.1, 0.15) is 0 Å². The van der Waals surface area contributed by atoms with Crippen LogP contribution in [0.15, 0.2) is 255 Å². The number of nitrogens with zero attached hydrogens (tertiary/aromatic N) is 4. The minimum Gasteiger partial charge on any atom is -0.343 e. The first-order valence-corrected chi connectivity index (χ1v) is 25.5. The van der Waals surface area contributed by atoms with Gasteiger partial charge in [-0.15, -0.1) is 0 Å². The molecule has 0 aliphatic heterocycles. The summed E-state index contributed by atoms with van der Waals surface area (Å²) in [6.07, 6.45) is 0. The lowest BCUT2D eigenvalue weighted by Gasteiger charge is -2.30. The Morgan fingerprint density at radius 2 is 0.806 bits per heavy atom. The van der Waals surface area contributed by atoms with Gasteiger partial charge in [0.05, 0.1) is 45.7 Å². The van der Waals surface area contributed by atoms with Gasteiger partial charge in [0.25, 0.3) is 0 Å². The van der Waals surface area contributed by atoms with Crippen molar-refractivity contribution in [3.8, 4) is 44.5 Å². The minimum absolute atomic E-state index is 0.829. The van der Waals surface area contributed by atoms with E-state index in [1.807, 2.05) is 0 Å². The van der Waals surface area contributed by atoms with Crippen molar-refractivity contribution < 1.29 is 0 Å². The van der Waals surface area contributed by atoms with Gasteiger partial charge in [-0.05, 0) is 117 Å². The molecule has 4 nitrogen and oxygen atoms in total. The standard InChI is InChI=1S/C67H50N4S/c1-3-69-61-40-36-53(48-24-12-6-13-25-48)44-59(61)57-38-34-50-35-39-58-60-45-54(49-26-14-7-15-27-49)37-41-62(60)71(67(58)65(50)66(57)69)72-70(56-31-19-29-52(43-56)47-22-10-5-11-23-47)64-33-17-16-32-63(64)68(2)55-30-18-28-51(42-55)46-20-8-4-9-21-46/h4-45H,3H2,1-2H3.